The van der Waals surface area contributed by atoms with E-state index in [4.69, 9.17) is 4.74 Å². The lowest BCUT2D eigenvalue weighted by Crippen LogP contribution is -2.54. The van der Waals surface area contributed by atoms with Crippen molar-refractivity contribution in [1.82, 2.24) is 10.2 Å². The van der Waals surface area contributed by atoms with Crippen LogP contribution >= 0.6 is 0 Å². The van der Waals surface area contributed by atoms with Crippen LogP contribution in [0.15, 0.2) is 12.3 Å². The summed E-state index contributed by atoms with van der Waals surface area (Å²) in [6.07, 6.45) is -0.862. The van der Waals surface area contributed by atoms with Gasteiger partial charge >= 0.3 is 6.09 Å². The number of ether oxygens (including phenoxy) is 1. The van der Waals surface area contributed by atoms with Gasteiger partial charge in [-0.25, -0.2) is 4.79 Å². The lowest BCUT2D eigenvalue weighted by molar-refractivity contribution is -0.134. The topological polar surface area (TPSA) is 78.9 Å². The molecule has 0 saturated carbocycles. The summed E-state index contributed by atoms with van der Waals surface area (Å²) in [5, 5.41) is 12.3. The Morgan fingerprint density at radius 1 is 1.32 bits per heavy atom. The largest absolute Gasteiger partial charge is 0.444 e. The fourth-order valence-electron chi connectivity index (χ4n) is 2.26. The molecule has 0 unspecified atom stereocenters. The molecule has 1 aliphatic heterocycles. The Balaban J connectivity index is 2.88. The number of alkyl carbamates (subject to hydrolysis) is 1. The number of amides is 2. The smallest absolute Gasteiger partial charge is 0.408 e. The average Bonchev–Trinajstić information content (AvgIpc) is 2.60. The lowest BCUT2D eigenvalue weighted by atomic mass is 9.86. The summed E-state index contributed by atoms with van der Waals surface area (Å²) >= 11 is 0. The number of β-amino-alcohol motifs (C(OH)–C–C–N with tert-alkyl or cyclic N) is 1. The third kappa shape index (κ3) is 5.02. The van der Waals surface area contributed by atoms with E-state index in [1.165, 1.54) is 4.90 Å². The molecule has 1 fully saturated rings. The minimum Gasteiger partial charge on any atom is -0.444 e. The summed E-state index contributed by atoms with van der Waals surface area (Å²) in [5.74, 6) is -0.278. The van der Waals surface area contributed by atoms with E-state index < -0.39 is 29.3 Å². The number of aliphatic hydroxyl groups excluding tert-OH is 1. The first-order valence-corrected chi connectivity index (χ1v) is 7.48. The Bertz CT molecular complexity index is 460. The molecule has 6 heteroatoms. The van der Waals surface area contributed by atoms with Crippen molar-refractivity contribution < 1.29 is 19.4 Å². The van der Waals surface area contributed by atoms with E-state index >= 15 is 0 Å². The van der Waals surface area contributed by atoms with Crippen molar-refractivity contribution in [3.8, 4) is 0 Å². The highest BCUT2D eigenvalue weighted by Gasteiger charge is 2.40. The number of nitrogens with one attached hydrogen (secondary N) is 1. The van der Waals surface area contributed by atoms with Crippen LogP contribution in [-0.2, 0) is 9.53 Å². The van der Waals surface area contributed by atoms with Crippen molar-refractivity contribution in [3.05, 3.63) is 12.3 Å². The van der Waals surface area contributed by atoms with E-state index in [-0.39, 0.29) is 12.5 Å². The van der Waals surface area contributed by atoms with Crippen molar-refractivity contribution >= 4 is 12.0 Å². The molecule has 126 valence electrons. The molecular weight excluding hydrogens is 284 g/mol. The molecule has 2 N–H and O–H groups in total. The van der Waals surface area contributed by atoms with Crippen LogP contribution < -0.4 is 5.32 Å². The van der Waals surface area contributed by atoms with Crippen LogP contribution in [0, 0.1) is 5.41 Å². The van der Waals surface area contributed by atoms with Crippen molar-refractivity contribution in [1.29, 1.82) is 0 Å². The molecule has 0 aromatic rings. The fraction of sp³-hybridized carbons (Fsp3) is 0.750. The minimum absolute atomic E-state index is 0.209. The van der Waals surface area contributed by atoms with Crippen LogP contribution in [0.25, 0.3) is 0 Å². The molecule has 0 spiro atoms. The Morgan fingerprint density at radius 2 is 1.86 bits per heavy atom. The lowest BCUT2D eigenvalue weighted by Gasteiger charge is -2.34. The van der Waals surface area contributed by atoms with E-state index in [0.717, 1.165) is 0 Å². The number of hydrogen-bond donors (Lipinski definition) is 2. The predicted octanol–water partition coefficient (Wildman–Crippen LogP) is 2.03. The third-order valence-electron chi connectivity index (χ3n) is 3.29. The van der Waals surface area contributed by atoms with Gasteiger partial charge in [0, 0.05) is 12.1 Å². The van der Waals surface area contributed by atoms with Crippen LogP contribution in [0.1, 0.15) is 48.0 Å². The molecule has 0 radical (unpaired) electrons. The highest BCUT2D eigenvalue weighted by Crippen LogP contribution is 2.27. The monoisotopic (exact) mass is 312 g/mol. The number of carbonyl (C=O) groups is 2. The van der Waals surface area contributed by atoms with Crippen LogP contribution in [0.5, 0.6) is 0 Å². The van der Waals surface area contributed by atoms with Gasteiger partial charge in [0.05, 0.1) is 12.6 Å². The quantitative estimate of drug-likeness (QED) is 0.818. The maximum Gasteiger partial charge on any atom is 0.408 e. The minimum atomic E-state index is -0.760. The normalized spacial score (nSPS) is 20.8. The summed E-state index contributed by atoms with van der Waals surface area (Å²) in [6, 6.07) is -0.760. The van der Waals surface area contributed by atoms with Crippen LogP contribution in [0.2, 0.25) is 0 Å². The molecule has 22 heavy (non-hydrogen) atoms. The maximum atomic E-state index is 12.7. The number of carbonyl (C=O) groups excluding carboxylic acids is 2. The summed E-state index contributed by atoms with van der Waals surface area (Å²) in [6.45, 7) is 14.9. The number of aliphatic hydroxyl groups is 1. The SMILES string of the molecule is C=C1C[C@H](O)CN1C(=O)[C@@H](NC(=O)OC(C)(C)C)C(C)(C)C. The van der Waals surface area contributed by atoms with Gasteiger partial charge in [0.15, 0.2) is 0 Å². The second-order valence-electron chi connectivity index (χ2n) is 7.82. The first-order chi connectivity index (χ1) is 9.81. The summed E-state index contributed by atoms with van der Waals surface area (Å²) in [7, 11) is 0. The predicted molar refractivity (Wildman–Crippen MR) is 84.1 cm³/mol. The molecule has 6 nitrogen and oxygen atoms in total. The molecule has 1 saturated heterocycles. The summed E-state index contributed by atoms with van der Waals surface area (Å²) < 4.78 is 5.23. The van der Waals surface area contributed by atoms with Gasteiger partial charge in [-0.3, -0.25) is 4.79 Å². The van der Waals surface area contributed by atoms with Crippen LogP contribution in [0.3, 0.4) is 0 Å². The van der Waals surface area contributed by atoms with Gasteiger partial charge < -0.3 is 20.1 Å². The van der Waals surface area contributed by atoms with Gasteiger partial charge in [-0.05, 0) is 26.2 Å². The zero-order valence-electron chi connectivity index (χ0n) is 14.4. The number of rotatable bonds is 2. The third-order valence-corrected chi connectivity index (χ3v) is 3.29. The van der Waals surface area contributed by atoms with E-state index in [0.29, 0.717) is 12.1 Å². The molecule has 0 aliphatic carbocycles. The molecule has 1 aliphatic rings. The second kappa shape index (κ2) is 6.28. The standard InChI is InChI=1S/C16H28N2O4/c1-10-8-11(19)9-18(10)13(20)12(15(2,3)4)17-14(21)22-16(5,6)7/h11-12,19H,1,8-9H2,2-7H3,(H,17,21)/t11-,12+/m0/s1. The van der Waals surface area contributed by atoms with Gasteiger partial charge in [0.2, 0.25) is 5.91 Å². The first-order valence-electron chi connectivity index (χ1n) is 7.48. The van der Waals surface area contributed by atoms with Crippen molar-refractivity contribution in [2.75, 3.05) is 6.54 Å². The van der Waals surface area contributed by atoms with Crippen LogP contribution in [-0.4, -0.2) is 46.3 Å². The number of likely N-dealkylation sites (tertiary alicyclic amines) is 1. The van der Waals surface area contributed by atoms with Gasteiger partial charge in [-0.15, -0.1) is 0 Å². The molecule has 0 aromatic heterocycles. The van der Waals surface area contributed by atoms with Gasteiger partial charge in [-0.2, -0.15) is 0 Å². The number of hydrogen-bond acceptors (Lipinski definition) is 4. The molecule has 2 amide bonds. The van der Waals surface area contributed by atoms with Gasteiger partial charge in [0.1, 0.15) is 11.6 Å². The second-order valence-corrected chi connectivity index (χ2v) is 7.82. The molecule has 0 aromatic carbocycles. The molecule has 1 heterocycles. The summed E-state index contributed by atoms with van der Waals surface area (Å²) in [4.78, 5) is 26.2. The van der Waals surface area contributed by atoms with E-state index in [1.807, 2.05) is 20.8 Å². The molecule has 2 atom stereocenters. The Hall–Kier alpha value is -1.56. The van der Waals surface area contributed by atoms with Gasteiger partial charge in [0.25, 0.3) is 0 Å². The first kappa shape index (κ1) is 18.5. The highest BCUT2D eigenvalue weighted by molar-refractivity contribution is 5.88. The average molecular weight is 312 g/mol. The van der Waals surface area contributed by atoms with E-state index in [9.17, 15) is 14.7 Å². The Kier molecular flexibility index (Phi) is 5.28. The maximum absolute atomic E-state index is 12.7. The van der Waals surface area contributed by atoms with E-state index in [2.05, 4.69) is 11.9 Å². The fourth-order valence-corrected chi connectivity index (χ4v) is 2.26. The van der Waals surface area contributed by atoms with Crippen LogP contribution in [0.4, 0.5) is 4.79 Å². The van der Waals surface area contributed by atoms with Crippen molar-refractivity contribution in [3.63, 3.8) is 0 Å². The Morgan fingerprint density at radius 3 is 2.23 bits per heavy atom. The van der Waals surface area contributed by atoms with Crippen molar-refractivity contribution in [2.24, 2.45) is 5.41 Å². The molecular formula is C16H28N2O4. The zero-order valence-corrected chi connectivity index (χ0v) is 14.4. The zero-order chi connectivity index (χ0) is 17.3. The Labute approximate surface area is 132 Å². The van der Waals surface area contributed by atoms with E-state index in [1.54, 1.807) is 20.8 Å². The molecule has 1 rings (SSSR count). The van der Waals surface area contributed by atoms with Gasteiger partial charge in [-0.1, -0.05) is 27.4 Å². The molecule has 0 bridgehead atoms. The summed E-state index contributed by atoms with van der Waals surface area (Å²) in [5.41, 5.74) is -0.567. The number of nitrogens with zero attached hydrogens (tertiary/aromatic N) is 1. The van der Waals surface area contributed by atoms with Crippen molar-refractivity contribution in [2.45, 2.75) is 65.7 Å². The highest BCUT2D eigenvalue weighted by atomic mass is 16.6.